The number of hydrogen-bond acceptors (Lipinski definition) is 3. The summed E-state index contributed by atoms with van der Waals surface area (Å²) < 4.78 is 2.75. The molecule has 0 unspecified atom stereocenters. The van der Waals surface area contributed by atoms with Crippen LogP contribution in [-0.4, -0.2) is 14.6 Å². The molecule has 0 amide bonds. The van der Waals surface area contributed by atoms with Crippen molar-refractivity contribution >= 4 is 32.9 Å². The third-order valence-corrected chi connectivity index (χ3v) is 3.89. The molecule has 0 spiro atoms. The van der Waals surface area contributed by atoms with E-state index in [1.807, 2.05) is 18.3 Å². The molecule has 80 valence electrons. The second-order valence-electron chi connectivity index (χ2n) is 3.47. The number of halogens is 1. The fourth-order valence-electron chi connectivity index (χ4n) is 1.53. The summed E-state index contributed by atoms with van der Waals surface area (Å²) in [6.45, 7) is 2.08. The first-order chi connectivity index (χ1) is 7.74. The monoisotopic (exact) mass is 293 g/mol. The zero-order valence-electron chi connectivity index (χ0n) is 8.51. The van der Waals surface area contributed by atoms with Gasteiger partial charge in [0.05, 0.1) is 9.35 Å². The van der Waals surface area contributed by atoms with E-state index in [0.29, 0.717) is 0 Å². The lowest BCUT2D eigenvalue weighted by Crippen LogP contribution is -1.85. The largest absolute Gasteiger partial charge is 0.219 e. The highest BCUT2D eigenvalue weighted by atomic mass is 79.9. The quantitative estimate of drug-likeness (QED) is 0.687. The molecule has 3 rings (SSSR count). The van der Waals surface area contributed by atoms with Gasteiger partial charge in [0.2, 0.25) is 0 Å². The van der Waals surface area contributed by atoms with Gasteiger partial charge in [-0.25, -0.2) is 9.50 Å². The van der Waals surface area contributed by atoms with Crippen LogP contribution in [0, 0.1) is 6.92 Å². The summed E-state index contributed by atoms with van der Waals surface area (Å²) in [5.41, 5.74) is 0.851. The highest BCUT2D eigenvalue weighted by Gasteiger charge is 2.09. The number of aryl methyl sites for hydroxylation is 1. The van der Waals surface area contributed by atoms with E-state index < -0.39 is 0 Å². The molecule has 0 aliphatic rings. The second kappa shape index (κ2) is 3.68. The number of nitrogens with zero attached hydrogens (tertiary/aromatic N) is 3. The van der Waals surface area contributed by atoms with Crippen molar-refractivity contribution < 1.29 is 0 Å². The SMILES string of the molecule is Cc1ccc(-c2nc3c(Br)cccn3n2)s1. The predicted molar refractivity (Wildman–Crippen MR) is 68.7 cm³/mol. The van der Waals surface area contributed by atoms with Crippen molar-refractivity contribution in [2.45, 2.75) is 6.92 Å². The van der Waals surface area contributed by atoms with Crippen molar-refractivity contribution in [3.8, 4) is 10.7 Å². The van der Waals surface area contributed by atoms with Gasteiger partial charge in [-0.2, -0.15) is 0 Å². The molecule has 16 heavy (non-hydrogen) atoms. The molecule has 0 aromatic carbocycles. The standard InChI is InChI=1S/C11H8BrN3S/c1-7-4-5-9(16-7)10-13-11-8(12)3-2-6-15(11)14-10/h2-6H,1H3. The smallest absolute Gasteiger partial charge is 0.192 e. The molecule has 3 heterocycles. The number of pyridine rings is 1. The average Bonchev–Trinajstić information content (AvgIpc) is 2.84. The topological polar surface area (TPSA) is 30.2 Å². The Morgan fingerprint density at radius 1 is 1.31 bits per heavy atom. The van der Waals surface area contributed by atoms with Crippen LogP contribution >= 0.6 is 27.3 Å². The number of rotatable bonds is 1. The molecule has 0 bridgehead atoms. The number of aromatic nitrogens is 3. The van der Waals surface area contributed by atoms with E-state index in [2.05, 4.69) is 45.1 Å². The molecule has 0 aliphatic carbocycles. The van der Waals surface area contributed by atoms with Gasteiger partial charge in [0.1, 0.15) is 0 Å². The molecule has 0 N–H and O–H groups in total. The lowest BCUT2D eigenvalue weighted by molar-refractivity contribution is 0.964. The Morgan fingerprint density at radius 3 is 2.88 bits per heavy atom. The molecule has 0 saturated carbocycles. The van der Waals surface area contributed by atoms with Gasteiger partial charge in [0.25, 0.3) is 0 Å². The Morgan fingerprint density at radius 2 is 2.19 bits per heavy atom. The van der Waals surface area contributed by atoms with Crippen LogP contribution in [0.1, 0.15) is 4.88 Å². The summed E-state index contributed by atoms with van der Waals surface area (Å²) in [5, 5.41) is 4.44. The van der Waals surface area contributed by atoms with Crippen LogP contribution in [0.25, 0.3) is 16.3 Å². The van der Waals surface area contributed by atoms with Gasteiger partial charge in [-0.3, -0.25) is 0 Å². The Kier molecular flexibility index (Phi) is 2.29. The zero-order chi connectivity index (χ0) is 11.1. The summed E-state index contributed by atoms with van der Waals surface area (Å²) in [6, 6.07) is 8.05. The summed E-state index contributed by atoms with van der Waals surface area (Å²) in [5.74, 6) is 0.782. The van der Waals surface area contributed by atoms with Gasteiger partial charge in [0, 0.05) is 11.1 Å². The van der Waals surface area contributed by atoms with Gasteiger partial charge >= 0.3 is 0 Å². The summed E-state index contributed by atoms with van der Waals surface area (Å²) in [4.78, 5) is 6.89. The lowest BCUT2D eigenvalue weighted by atomic mass is 10.4. The zero-order valence-corrected chi connectivity index (χ0v) is 10.9. The minimum absolute atomic E-state index is 0.782. The molecule has 0 fully saturated rings. The number of fused-ring (bicyclic) bond motifs is 1. The Hall–Kier alpha value is -1.20. The fraction of sp³-hybridized carbons (Fsp3) is 0.0909. The molecule has 5 heteroatoms. The molecular formula is C11H8BrN3S. The van der Waals surface area contributed by atoms with Crippen molar-refractivity contribution in [3.05, 3.63) is 39.8 Å². The van der Waals surface area contributed by atoms with Crippen molar-refractivity contribution in [2.75, 3.05) is 0 Å². The number of thiophene rings is 1. The minimum Gasteiger partial charge on any atom is -0.219 e. The van der Waals surface area contributed by atoms with Crippen LogP contribution in [-0.2, 0) is 0 Å². The molecule has 3 aromatic rings. The number of hydrogen-bond donors (Lipinski definition) is 0. The summed E-state index contributed by atoms with van der Waals surface area (Å²) >= 11 is 5.18. The van der Waals surface area contributed by atoms with E-state index in [9.17, 15) is 0 Å². The third-order valence-electron chi connectivity index (χ3n) is 2.28. The van der Waals surface area contributed by atoms with E-state index in [1.165, 1.54) is 4.88 Å². The van der Waals surface area contributed by atoms with Crippen molar-refractivity contribution in [3.63, 3.8) is 0 Å². The van der Waals surface area contributed by atoms with Crippen LogP contribution in [0.3, 0.4) is 0 Å². The van der Waals surface area contributed by atoms with Crippen molar-refractivity contribution in [1.82, 2.24) is 14.6 Å². The van der Waals surface area contributed by atoms with Gasteiger partial charge in [-0.1, -0.05) is 0 Å². The third kappa shape index (κ3) is 1.56. The maximum absolute atomic E-state index is 4.51. The highest BCUT2D eigenvalue weighted by molar-refractivity contribution is 9.10. The van der Waals surface area contributed by atoms with Gasteiger partial charge in [-0.15, -0.1) is 16.4 Å². The molecular weight excluding hydrogens is 286 g/mol. The van der Waals surface area contributed by atoms with E-state index in [4.69, 9.17) is 0 Å². The molecule has 0 atom stereocenters. The highest BCUT2D eigenvalue weighted by Crippen LogP contribution is 2.26. The first-order valence-corrected chi connectivity index (χ1v) is 6.43. The van der Waals surface area contributed by atoms with Gasteiger partial charge in [-0.05, 0) is 47.1 Å². The predicted octanol–water partition coefficient (Wildman–Crippen LogP) is 3.53. The molecule has 0 radical (unpaired) electrons. The minimum atomic E-state index is 0.782. The van der Waals surface area contributed by atoms with Crippen LogP contribution in [0.15, 0.2) is 34.9 Å². The maximum atomic E-state index is 4.51. The first kappa shape index (κ1) is 9.99. The van der Waals surface area contributed by atoms with E-state index in [-0.39, 0.29) is 0 Å². The molecule has 3 aromatic heterocycles. The van der Waals surface area contributed by atoms with Crippen molar-refractivity contribution in [2.24, 2.45) is 0 Å². The van der Waals surface area contributed by atoms with E-state index in [1.54, 1.807) is 15.9 Å². The first-order valence-electron chi connectivity index (χ1n) is 4.82. The summed E-state index contributed by atoms with van der Waals surface area (Å²) in [6.07, 6.45) is 1.90. The summed E-state index contributed by atoms with van der Waals surface area (Å²) in [7, 11) is 0. The van der Waals surface area contributed by atoms with Crippen LogP contribution < -0.4 is 0 Å². The normalized spacial score (nSPS) is 11.1. The molecule has 0 saturated heterocycles. The van der Waals surface area contributed by atoms with Gasteiger partial charge < -0.3 is 0 Å². The maximum Gasteiger partial charge on any atom is 0.192 e. The van der Waals surface area contributed by atoms with Crippen LogP contribution in [0.5, 0.6) is 0 Å². The van der Waals surface area contributed by atoms with E-state index >= 15 is 0 Å². The van der Waals surface area contributed by atoms with Gasteiger partial charge in [0.15, 0.2) is 11.5 Å². The second-order valence-corrected chi connectivity index (χ2v) is 5.61. The van der Waals surface area contributed by atoms with E-state index in [0.717, 1.165) is 20.8 Å². The van der Waals surface area contributed by atoms with Crippen LogP contribution in [0.4, 0.5) is 0 Å². The lowest BCUT2D eigenvalue weighted by Gasteiger charge is -1.90. The Bertz CT molecular complexity index is 656. The van der Waals surface area contributed by atoms with Crippen molar-refractivity contribution in [1.29, 1.82) is 0 Å². The molecule has 3 nitrogen and oxygen atoms in total. The Labute approximate surface area is 105 Å². The average molecular weight is 294 g/mol. The molecule has 0 aliphatic heterocycles. The van der Waals surface area contributed by atoms with Crippen LogP contribution in [0.2, 0.25) is 0 Å². The Balaban J connectivity index is 2.22. The fourth-order valence-corrected chi connectivity index (χ4v) is 2.75.